The molecule has 3 aromatic rings. The predicted molar refractivity (Wildman–Crippen MR) is 81.1 cm³/mol. The molecule has 1 aromatic heterocycles. The van der Waals surface area contributed by atoms with E-state index in [0.717, 1.165) is 18.0 Å². The van der Waals surface area contributed by atoms with Crippen LogP contribution in [0.15, 0.2) is 60.8 Å². The molecule has 0 fully saturated rings. The van der Waals surface area contributed by atoms with Crippen LogP contribution in [0.5, 0.6) is 5.75 Å². The molecular formula is C17H17N3O. The third kappa shape index (κ3) is 3.69. The van der Waals surface area contributed by atoms with Crippen LogP contribution in [0.2, 0.25) is 0 Å². The molecule has 0 spiro atoms. The van der Waals surface area contributed by atoms with Crippen molar-refractivity contribution in [3.63, 3.8) is 0 Å². The third-order valence-electron chi connectivity index (χ3n) is 3.18. The van der Waals surface area contributed by atoms with E-state index >= 15 is 0 Å². The van der Waals surface area contributed by atoms with Gasteiger partial charge in [0, 0.05) is 0 Å². The van der Waals surface area contributed by atoms with Crippen molar-refractivity contribution < 1.29 is 4.74 Å². The van der Waals surface area contributed by atoms with E-state index in [1.807, 2.05) is 53.3 Å². The summed E-state index contributed by atoms with van der Waals surface area (Å²) in [4.78, 5) is 0. The zero-order chi connectivity index (χ0) is 14.5. The largest absolute Gasteiger partial charge is 0.487 e. The molecule has 0 unspecified atom stereocenters. The van der Waals surface area contributed by atoms with E-state index in [2.05, 4.69) is 29.4 Å². The lowest BCUT2D eigenvalue weighted by Gasteiger charge is -2.03. The molecule has 0 N–H and O–H groups in total. The van der Waals surface area contributed by atoms with Crippen LogP contribution in [0.1, 0.15) is 16.8 Å². The number of hydrogen-bond donors (Lipinski definition) is 0. The number of nitrogens with zero attached hydrogens (tertiary/aromatic N) is 3. The molecule has 21 heavy (non-hydrogen) atoms. The van der Waals surface area contributed by atoms with Gasteiger partial charge in [-0.1, -0.05) is 53.2 Å². The number of aromatic nitrogens is 3. The van der Waals surface area contributed by atoms with E-state index in [4.69, 9.17) is 4.74 Å². The summed E-state index contributed by atoms with van der Waals surface area (Å²) in [7, 11) is 0. The van der Waals surface area contributed by atoms with Gasteiger partial charge in [0.1, 0.15) is 18.1 Å². The topological polar surface area (TPSA) is 39.9 Å². The van der Waals surface area contributed by atoms with E-state index in [-0.39, 0.29) is 0 Å². The van der Waals surface area contributed by atoms with Crippen molar-refractivity contribution in [2.45, 2.75) is 20.1 Å². The molecule has 2 aromatic carbocycles. The van der Waals surface area contributed by atoms with Gasteiger partial charge in [0.15, 0.2) is 0 Å². The van der Waals surface area contributed by atoms with Crippen LogP contribution in [0, 0.1) is 6.92 Å². The van der Waals surface area contributed by atoms with Crippen molar-refractivity contribution in [2.75, 3.05) is 0 Å². The van der Waals surface area contributed by atoms with Gasteiger partial charge in [-0.2, -0.15) is 0 Å². The van der Waals surface area contributed by atoms with Crippen LogP contribution in [-0.4, -0.2) is 15.0 Å². The average molecular weight is 279 g/mol. The maximum absolute atomic E-state index is 5.69. The minimum absolute atomic E-state index is 0.428. The molecule has 0 saturated carbocycles. The molecule has 1 heterocycles. The van der Waals surface area contributed by atoms with Crippen molar-refractivity contribution in [2.24, 2.45) is 0 Å². The second-order valence-corrected chi connectivity index (χ2v) is 4.99. The van der Waals surface area contributed by atoms with Gasteiger partial charge >= 0.3 is 0 Å². The molecule has 0 bridgehead atoms. The number of aryl methyl sites for hydroxylation is 1. The van der Waals surface area contributed by atoms with E-state index in [9.17, 15) is 0 Å². The molecule has 106 valence electrons. The summed E-state index contributed by atoms with van der Waals surface area (Å²) in [5.74, 6) is 0.846. The molecular weight excluding hydrogens is 262 g/mol. The molecule has 0 saturated heterocycles. The second-order valence-electron chi connectivity index (χ2n) is 4.99. The molecule has 0 atom stereocenters. The van der Waals surface area contributed by atoms with Gasteiger partial charge in [-0.3, -0.25) is 0 Å². The van der Waals surface area contributed by atoms with E-state index < -0.39 is 0 Å². The van der Waals surface area contributed by atoms with Crippen LogP contribution >= 0.6 is 0 Å². The maximum Gasteiger partial charge on any atom is 0.134 e. The van der Waals surface area contributed by atoms with Gasteiger partial charge in [-0.15, -0.1) is 5.10 Å². The first-order valence-corrected chi connectivity index (χ1v) is 6.92. The van der Waals surface area contributed by atoms with Crippen molar-refractivity contribution in [3.05, 3.63) is 77.6 Å². The van der Waals surface area contributed by atoms with Gasteiger partial charge < -0.3 is 4.74 Å². The Morgan fingerprint density at radius 3 is 2.52 bits per heavy atom. The Hall–Kier alpha value is -2.62. The highest BCUT2D eigenvalue weighted by molar-refractivity contribution is 5.26. The average Bonchev–Trinajstić information content (AvgIpc) is 2.95. The lowest BCUT2D eigenvalue weighted by atomic mass is 10.2. The van der Waals surface area contributed by atoms with Crippen molar-refractivity contribution >= 4 is 0 Å². The fraction of sp³-hybridized carbons (Fsp3) is 0.176. The predicted octanol–water partition coefficient (Wildman–Crippen LogP) is 3.21. The monoisotopic (exact) mass is 279 g/mol. The lowest BCUT2D eigenvalue weighted by Crippen LogP contribution is -2.00. The number of hydrogen-bond acceptors (Lipinski definition) is 3. The van der Waals surface area contributed by atoms with Gasteiger partial charge in [-0.05, 0) is 24.6 Å². The SMILES string of the molecule is Cc1ccc(OCc2cn(Cc3ccccc3)nn2)cc1. The first kappa shape index (κ1) is 13.4. The Balaban J connectivity index is 1.59. The minimum atomic E-state index is 0.428. The summed E-state index contributed by atoms with van der Waals surface area (Å²) in [6, 6.07) is 18.2. The Bertz CT molecular complexity index is 690. The van der Waals surface area contributed by atoms with Gasteiger partial charge in [-0.25, -0.2) is 4.68 Å². The highest BCUT2D eigenvalue weighted by Crippen LogP contribution is 2.13. The molecule has 3 rings (SSSR count). The lowest BCUT2D eigenvalue weighted by molar-refractivity contribution is 0.301. The first-order valence-electron chi connectivity index (χ1n) is 6.92. The second kappa shape index (κ2) is 6.22. The van der Waals surface area contributed by atoms with Crippen LogP contribution in [0.3, 0.4) is 0 Å². The van der Waals surface area contributed by atoms with E-state index in [1.54, 1.807) is 0 Å². The molecule has 4 heteroatoms. The molecule has 0 aliphatic heterocycles. The summed E-state index contributed by atoms with van der Waals surface area (Å²) >= 11 is 0. The molecule has 0 aliphatic carbocycles. The summed E-state index contributed by atoms with van der Waals surface area (Å²) < 4.78 is 7.52. The Kier molecular flexibility index (Phi) is 3.96. The summed E-state index contributed by atoms with van der Waals surface area (Å²) in [5, 5.41) is 8.26. The Labute approximate surface area is 124 Å². The van der Waals surface area contributed by atoms with Crippen molar-refractivity contribution in [3.8, 4) is 5.75 Å². The van der Waals surface area contributed by atoms with E-state index in [1.165, 1.54) is 11.1 Å². The Morgan fingerprint density at radius 1 is 1.00 bits per heavy atom. The van der Waals surface area contributed by atoms with Gasteiger partial charge in [0.05, 0.1) is 12.7 Å². The molecule has 4 nitrogen and oxygen atoms in total. The highest BCUT2D eigenvalue weighted by Gasteiger charge is 2.03. The highest BCUT2D eigenvalue weighted by atomic mass is 16.5. The Morgan fingerprint density at radius 2 is 1.76 bits per heavy atom. The number of ether oxygens (including phenoxy) is 1. The van der Waals surface area contributed by atoms with Crippen LogP contribution in [0.4, 0.5) is 0 Å². The van der Waals surface area contributed by atoms with Gasteiger partial charge in [0.25, 0.3) is 0 Å². The molecule has 0 aliphatic rings. The first-order chi connectivity index (χ1) is 10.3. The zero-order valence-corrected chi connectivity index (χ0v) is 11.9. The summed E-state index contributed by atoms with van der Waals surface area (Å²) in [6.45, 7) is 3.20. The summed E-state index contributed by atoms with van der Waals surface area (Å²) in [6.07, 6.45) is 1.92. The zero-order valence-electron chi connectivity index (χ0n) is 11.9. The third-order valence-corrected chi connectivity index (χ3v) is 3.18. The van der Waals surface area contributed by atoms with Crippen LogP contribution in [-0.2, 0) is 13.2 Å². The van der Waals surface area contributed by atoms with Crippen molar-refractivity contribution in [1.82, 2.24) is 15.0 Å². The number of benzene rings is 2. The smallest absolute Gasteiger partial charge is 0.134 e. The summed E-state index contributed by atoms with van der Waals surface area (Å²) in [5.41, 5.74) is 3.25. The van der Waals surface area contributed by atoms with Crippen LogP contribution in [0.25, 0.3) is 0 Å². The quantitative estimate of drug-likeness (QED) is 0.720. The fourth-order valence-corrected chi connectivity index (χ4v) is 2.04. The van der Waals surface area contributed by atoms with Crippen molar-refractivity contribution in [1.29, 1.82) is 0 Å². The minimum Gasteiger partial charge on any atom is -0.487 e. The maximum atomic E-state index is 5.69. The van der Waals surface area contributed by atoms with Gasteiger partial charge in [0.2, 0.25) is 0 Å². The van der Waals surface area contributed by atoms with Crippen LogP contribution < -0.4 is 4.74 Å². The fourth-order valence-electron chi connectivity index (χ4n) is 2.04. The molecule has 0 amide bonds. The normalized spacial score (nSPS) is 10.5. The van der Waals surface area contributed by atoms with E-state index in [0.29, 0.717) is 6.61 Å². The standard InChI is InChI=1S/C17H17N3O/c1-14-7-9-17(10-8-14)21-13-16-12-20(19-18-16)11-15-5-3-2-4-6-15/h2-10,12H,11,13H2,1H3. The number of rotatable bonds is 5. The molecule has 0 radical (unpaired) electrons.